The van der Waals surface area contributed by atoms with Gasteiger partial charge in [0.1, 0.15) is 5.75 Å². The van der Waals surface area contributed by atoms with E-state index in [1.807, 2.05) is 18.2 Å². The van der Waals surface area contributed by atoms with Gasteiger partial charge in [-0.25, -0.2) is 0 Å². The molecule has 0 fully saturated rings. The summed E-state index contributed by atoms with van der Waals surface area (Å²) < 4.78 is 5.16. The fourth-order valence-electron chi connectivity index (χ4n) is 2.22. The molecule has 1 aliphatic carbocycles. The molecule has 1 aromatic rings. The highest BCUT2D eigenvalue weighted by molar-refractivity contribution is 6.39. The van der Waals surface area contributed by atoms with Gasteiger partial charge < -0.3 is 4.74 Å². The molecule has 98 valence electrons. The normalized spacial score (nSPS) is 16.2. The van der Waals surface area contributed by atoms with Gasteiger partial charge in [0.15, 0.2) is 11.6 Å². The SMILES string of the molecule is COc1cccc(C2=C(C)C(=O)C(C)=C(C)C2=O)c1. The third-order valence-electron chi connectivity index (χ3n) is 3.54. The Hall–Kier alpha value is -2.16. The number of benzene rings is 1. The Labute approximate surface area is 112 Å². The van der Waals surface area contributed by atoms with Gasteiger partial charge in [0.25, 0.3) is 0 Å². The summed E-state index contributed by atoms with van der Waals surface area (Å²) in [6.45, 7) is 5.09. The molecule has 3 nitrogen and oxygen atoms in total. The van der Waals surface area contributed by atoms with Gasteiger partial charge in [-0.05, 0) is 38.5 Å². The summed E-state index contributed by atoms with van der Waals surface area (Å²) in [7, 11) is 1.57. The molecule has 0 saturated carbocycles. The number of methoxy groups -OCH3 is 1. The van der Waals surface area contributed by atoms with Crippen LogP contribution in [0.15, 0.2) is 41.0 Å². The van der Waals surface area contributed by atoms with Crippen molar-refractivity contribution in [1.82, 2.24) is 0 Å². The first-order chi connectivity index (χ1) is 8.97. The molecule has 0 amide bonds. The Bertz CT molecular complexity index is 633. The summed E-state index contributed by atoms with van der Waals surface area (Å²) in [4.78, 5) is 24.5. The maximum absolute atomic E-state index is 12.4. The maximum Gasteiger partial charge on any atom is 0.190 e. The summed E-state index contributed by atoms with van der Waals surface area (Å²) >= 11 is 0. The Morgan fingerprint density at radius 3 is 2.16 bits per heavy atom. The Morgan fingerprint density at radius 2 is 1.53 bits per heavy atom. The van der Waals surface area contributed by atoms with Crippen molar-refractivity contribution >= 4 is 17.1 Å². The fourth-order valence-corrected chi connectivity index (χ4v) is 2.22. The lowest BCUT2D eigenvalue weighted by Gasteiger charge is -2.19. The smallest absolute Gasteiger partial charge is 0.190 e. The molecule has 0 aliphatic heterocycles. The van der Waals surface area contributed by atoms with E-state index < -0.39 is 0 Å². The van der Waals surface area contributed by atoms with Crippen molar-refractivity contribution in [1.29, 1.82) is 0 Å². The molecule has 0 heterocycles. The minimum atomic E-state index is -0.0807. The highest BCUT2D eigenvalue weighted by atomic mass is 16.5. The van der Waals surface area contributed by atoms with Crippen LogP contribution in [0.5, 0.6) is 5.75 Å². The molecular weight excluding hydrogens is 240 g/mol. The maximum atomic E-state index is 12.4. The fraction of sp³-hybridized carbons (Fsp3) is 0.250. The molecule has 0 N–H and O–H groups in total. The average Bonchev–Trinajstić information content (AvgIpc) is 2.43. The monoisotopic (exact) mass is 256 g/mol. The van der Waals surface area contributed by atoms with Crippen LogP contribution in [0, 0.1) is 0 Å². The standard InChI is InChI=1S/C16H16O3/c1-9-10(2)16(18)14(11(3)15(9)17)12-6-5-7-13(8-12)19-4/h5-8H,1-4H3. The van der Waals surface area contributed by atoms with E-state index in [0.717, 1.165) is 5.56 Å². The van der Waals surface area contributed by atoms with Crippen LogP contribution in [-0.2, 0) is 9.59 Å². The second-order valence-corrected chi connectivity index (χ2v) is 4.64. The van der Waals surface area contributed by atoms with Crippen LogP contribution < -0.4 is 4.74 Å². The number of ether oxygens (including phenoxy) is 1. The van der Waals surface area contributed by atoms with Gasteiger partial charge in [-0.2, -0.15) is 0 Å². The summed E-state index contributed by atoms with van der Waals surface area (Å²) in [6.07, 6.45) is 0. The topological polar surface area (TPSA) is 43.4 Å². The van der Waals surface area contributed by atoms with Crippen molar-refractivity contribution in [3.8, 4) is 5.75 Å². The second-order valence-electron chi connectivity index (χ2n) is 4.64. The zero-order valence-corrected chi connectivity index (χ0v) is 11.5. The van der Waals surface area contributed by atoms with Crippen LogP contribution >= 0.6 is 0 Å². The molecule has 0 atom stereocenters. The number of hydrogen-bond acceptors (Lipinski definition) is 3. The van der Waals surface area contributed by atoms with Crippen molar-refractivity contribution in [3.05, 3.63) is 46.5 Å². The van der Waals surface area contributed by atoms with Crippen molar-refractivity contribution < 1.29 is 14.3 Å². The van der Waals surface area contributed by atoms with Crippen molar-refractivity contribution in [2.24, 2.45) is 0 Å². The van der Waals surface area contributed by atoms with E-state index in [4.69, 9.17) is 4.74 Å². The van der Waals surface area contributed by atoms with E-state index in [-0.39, 0.29) is 11.6 Å². The van der Waals surface area contributed by atoms with Gasteiger partial charge in [0.2, 0.25) is 0 Å². The molecule has 19 heavy (non-hydrogen) atoms. The van der Waals surface area contributed by atoms with Crippen LogP contribution in [0.25, 0.3) is 5.57 Å². The van der Waals surface area contributed by atoms with Crippen LogP contribution in [0.3, 0.4) is 0 Å². The minimum absolute atomic E-state index is 0.0603. The number of Topliss-reactive ketones (excluding diaryl/α,β-unsaturated/α-hetero) is 2. The average molecular weight is 256 g/mol. The van der Waals surface area contributed by atoms with Gasteiger partial charge >= 0.3 is 0 Å². The molecule has 0 unspecified atom stereocenters. The molecule has 1 aromatic carbocycles. The first-order valence-electron chi connectivity index (χ1n) is 6.09. The van der Waals surface area contributed by atoms with Gasteiger partial charge in [-0.1, -0.05) is 12.1 Å². The molecule has 1 aliphatic rings. The van der Waals surface area contributed by atoms with Crippen molar-refractivity contribution in [2.75, 3.05) is 7.11 Å². The number of allylic oxidation sites excluding steroid dienone is 4. The van der Waals surface area contributed by atoms with E-state index in [0.29, 0.717) is 28.0 Å². The third-order valence-corrected chi connectivity index (χ3v) is 3.54. The molecule has 3 heteroatoms. The van der Waals surface area contributed by atoms with E-state index >= 15 is 0 Å². The quantitative estimate of drug-likeness (QED) is 0.764. The lowest BCUT2D eigenvalue weighted by atomic mass is 9.83. The summed E-state index contributed by atoms with van der Waals surface area (Å²) in [5.74, 6) is 0.528. The molecule has 0 radical (unpaired) electrons. The number of carbonyl (C=O) groups is 2. The highest BCUT2D eigenvalue weighted by Gasteiger charge is 2.28. The number of ketones is 2. The Balaban J connectivity index is 2.61. The predicted octanol–water partition coefficient (Wildman–Crippen LogP) is 2.96. The van der Waals surface area contributed by atoms with Crippen LogP contribution in [0.4, 0.5) is 0 Å². The third kappa shape index (κ3) is 2.12. The van der Waals surface area contributed by atoms with E-state index in [9.17, 15) is 9.59 Å². The van der Waals surface area contributed by atoms with Crippen LogP contribution in [-0.4, -0.2) is 18.7 Å². The number of rotatable bonds is 2. The van der Waals surface area contributed by atoms with Gasteiger partial charge in [-0.15, -0.1) is 0 Å². The first kappa shape index (κ1) is 13.3. The van der Waals surface area contributed by atoms with E-state index in [2.05, 4.69) is 0 Å². The van der Waals surface area contributed by atoms with E-state index in [1.165, 1.54) is 0 Å². The number of carbonyl (C=O) groups excluding carboxylic acids is 2. The lowest BCUT2D eigenvalue weighted by molar-refractivity contribution is -0.115. The van der Waals surface area contributed by atoms with Crippen molar-refractivity contribution in [2.45, 2.75) is 20.8 Å². The summed E-state index contributed by atoms with van der Waals surface area (Å²) in [5.41, 5.74) is 2.76. The van der Waals surface area contributed by atoms with E-state index in [1.54, 1.807) is 33.9 Å². The number of hydrogen-bond donors (Lipinski definition) is 0. The zero-order chi connectivity index (χ0) is 14.2. The van der Waals surface area contributed by atoms with Crippen molar-refractivity contribution in [3.63, 3.8) is 0 Å². The largest absolute Gasteiger partial charge is 0.497 e. The molecular formula is C16H16O3. The highest BCUT2D eigenvalue weighted by Crippen LogP contribution is 2.32. The molecule has 0 aromatic heterocycles. The Kier molecular flexibility index (Phi) is 3.38. The minimum Gasteiger partial charge on any atom is -0.497 e. The molecule has 0 bridgehead atoms. The summed E-state index contributed by atoms with van der Waals surface area (Å²) in [5, 5.41) is 0. The Morgan fingerprint density at radius 1 is 0.895 bits per heavy atom. The van der Waals surface area contributed by atoms with Crippen LogP contribution in [0.2, 0.25) is 0 Å². The molecule has 0 spiro atoms. The van der Waals surface area contributed by atoms with Gasteiger partial charge in [-0.3, -0.25) is 9.59 Å². The van der Waals surface area contributed by atoms with Gasteiger partial charge in [0.05, 0.1) is 7.11 Å². The molecule has 0 saturated heterocycles. The predicted molar refractivity (Wildman–Crippen MR) is 74.0 cm³/mol. The zero-order valence-electron chi connectivity index (χ0n) is 11.5. The molecule has 2 rings (SSSR count). The van der Waals surface area contributed by atoms with Gasteiger partial charge in [0, 0.05) is 22.3 Å². The summed E-state index contributed by atoms with van der Waals surface area (Å²) in [6, 6.07) is 7.22. The second kappa shape index (κ2) is 4.84. The first-order valence-corrected chi connectivity index (χ1v) is 6.09. The van der Waals surface area contributed by atoms with Crippen LogP contribution in [0.1, 0.15) is 26.3 Å². The lowest BCUT2D eigenvalue weighted by Crippen LogP contribution is -2.19.